The fourth-order valence-corrected chi connectivity index (χ4v) is 3.68. The molecule has 0 N–H and O–H groups in total. The third-order valence-corrected chi connectivity index (χ3v) is 5.75. The number of piperazine rings is 1. The van der Waals surface area contributed by atoms with Crippen LogP contribution >= 0.6 is 0 Å². The molecule has 0 amide bonds. The van der Waals surface area contributed by atoms with Crippen LogP contribution in [0.5, 0.6) is 0 Å². The van der Waals surface area contributed by atoms with E-state index in [2.05, 4.69) is 19.9 Å². The lowest BCUT2D eigenvalue weighted by atomic mass is 10.1. The largest absolute Gasteiger partial charge is 0.419 e. The summed E-state index contributed by atoms with van der Waals surface area (Å²) in [5.41, 5.74) is -0.484. The number of aliphatic imine (C=N–C) groups is 1. The quantitative estimate of drug-likeness (QED) is 0.598. The molecule has 1 fully saturated rings. The molecule has 3 heterocycles. The van der Waals surface area contributed by atoms with E-state index in [-0.39, 0.29) is 17.4 Å². The van der Waals surface area contributed by atoms with Crippen LogP contribution in [-0.2, 0) is 6.18 Å². The Bertz CT molecular complexity index is 915. The highest BCUT2D eigenvalue weighted by molar-refractivity contribution is 6.07. The molecule has 1 unspecified atom stereocenters. The second kappa shape index (κ2) is 7.57. The van der Waals surface area contributed by atoms with E-state index in [9.17, 15) is 17.6 Å². The number of hydrogen-bond donors (Lipinski definition) is 0. The lowest BCUT2D eigenvalue weighted by Gasteiger charge is -2.40. The Morgan fingerprint density at radius 2 is 1.77 bits per heavy atom. The second-order valence-corrected chi connectivity index (χ2v) is 7.92. The first kappa shape index (κ1) is 20.6. The van der Waals surface area contributed by atoms with Crippen molar-refractivity contribution < 1.29 is 17.6 Å². The van der Waals surface area contributed by atoms with Gasteiger partial charge in [-0.15, -0.1) is 0 Å². The molecule has 1 aromatic rings. The highest BCUT2D eigenvalue weighted by atomic mass is 19.4. The van der Waals surface area contributed by atoms with Crippen molar-refractivity contribution in [2.24, 2.45) is 10.1 Å². The van der Waals surface area contributed by atoms with Crippen molar-refractivity contribution >= 4 is 23.4 Å². The number of fused-ring (bicyclic) bond motifs is 3. The molecule has 0 saturated carbocycles. The second-order valence-electron chi connectivity index (χ2n) is 7.92. The van der Waals surface area contributed by atoms with E-state index in [0.717, 1.165) is 25.2 Å². The maximum Gasteiger partial charge on any atom is 0.419 e. The number of halogens is 4. The minimum atomic E-state index is -4.80. The van der Waals surface area contributed by atoms with Gasteiger partial charge < -0.3 is 14.7 Å². The van der Waals surface area contributed by atoms with Gasteiger partial charge in [-0.1, -0.05) is 0 Å². The topological polar surface area (TPSA) is 37.7 Å². The van der Waals surface area contributed by atoms with Gasteiger partial charge in [0.25, 0.3) is 0 Å². The molecule has 1 saturated heterocycles. The summed E-state index contributed by atoms with van der Waals surface area (Å²) in [7, 11) is 3.95. The van der Waals surface area contributed by atoms with Crippen molar-refractivity contribution in [3.05, 3.63) is 35.4 Å². The van der Waals surface area contributed by atoms with Crippen molar-refractivity contribution in [1.29, 1.82) is 0 Å². The smallest absolute Gasteiger partial charge is 0.376 e. The van der Waals surface area contributed by atoms with Crippen LogP contribution in [0.3, 0.4) is 0 Å². The normalized spacial score (nSPS) is 22.8. The van der Waals surface area contributed by atoms with Gasteiger partial charge in [-0.3, -0.25) is 0 Å². The number of alkyl halides is 3. The van der Waals surface area contributed by atoms with Crippen molar-refractivity contribution in [2.45, 2.75) is 25.6 Å². The minimum absolute atomic E-state index is 0.118. The van der Waals surface area contributed by atoms with E-state index in [1.165, 1.54) is 5.01 Å². The molecule has 0 radical (unpaired) electrons. The summed E-state index contributed by atoms with van der Waals surface area (Å²) in [4.78, 5) is 10.9. The Kier molecular flexibility index (Phi) is 5.21. The van der Waals surface area contributed by atoms with Gasteiger partial charge in [0.15, 0.2) is 5.84 Å². The fourth-order valence-electron chi connectivity index (χ4n) is 3.68. The first-order chi connectivity index (χ1) is 14.1. The Morgan fingerprint density at radius 3 is 2.43 bits per heavy atom. The molecule has 162 valence electrons. The van der Waals surface area contributed by atoms with Crippen molar-refractivity contribution in [2.75, 3.05) is 45.3 Å². The monoisotopic (exact) mass is 424 g/mol. The highest BCUT2D eigenvalue weighted by Gasteiger charge is 2.38. The van der Waals surface area contributed by atoms with Gasteiger partial charge in [0.05, 0.1) is 16.9 Å². The van der Waals surface area contributed by atoms with Crippen LogP contribution < -0.4 is 5.01 Å². The molecular formula is C20H24F4N6. The highest BCUT2D eigenvalue weighted by Crippen LogP contribution is 2.43. The Morgan fingerprint density at radius 1 is 1.07 bits per heavy atom. The summed E-state index contributed by atoms with van der Waals surface area (Å²) in [6.45, 7) is 5.12. The van der Waals surface area contributed by atoms with E-state index in [1.807, 2.05) is 32.1 Å². The van der Waals surface area contributed by atoms with Crippen LogP contribution in [0.15, 0.2) is 34.1 Å². The van der Waals surface area contributed by atoms with E-state index in [1.54, 1.807) is 6.21 Å². The molecule has 1 atom stereocenters. The SMILES string of the molecule is CC1CC=NN2C(=CN1C)C(N1CCN(C)CC1)=Nc1cc(F)c(C(F)(F)F)cc12. The van der Waals surface area contributed by atoms with Crippen LogP contribution in [0.1, 0.15) is 18.9 Å². The van der Waals surface area contributed by atoms with Gasteiger partial charge in [0.1, 0.15) is 11.5 Å². The number of hydrazone groups is 1. The Hall–Kier alpha value is -2.62. The summed E-state index contributed by atoms with van der Waals surface area (Å²) in [6.07, 6.45) is -0.637. The van der Waals surface area contributed by atoms with Crippen LogP contribution in [0, 0.1) is 5.82 Å². The number of hydrogen-bond acceptors (Lipinski definition) is 6. The molecule has 0 spiro atoms. The summed E-state index contributed by atoms with van der Waals surface area (Å²) < 4.78 is 54.3. The van der Waals surface area contributed by atoms with Gasteiger partial charge in [0, 0.05) is 64.2 Å². The molecule has 0 aliphatic carbocycles. The number of likely N-dealkylation sites (N-methyl/N-ethyl adjacent to an activating group) is 1. The number of nitrogens with zero attached hydrogens (tertiary/aromatic N) is 6. The standard InChI is InChI=1S/C20H24F4N6/c1-13-4-5-25-30-17-10-14(20(22,23)24)15(21)11-16(17)26-19(18(30)12-28(13)3)29-8-6-27(2)7-9-29/h5,10-13H,4,6-9H2,1-3H3. The molecule has 0 aromatic heterocycles. The molecule has 10 heteroatoms. The average Bonchev–Trinajstić information content (AvgIpc) is 2.67. The number of anilines is 1. The van der Waals surface area contributed by atoms with Gasteiger partial charge in [-0.25, -0.2) is 14.4 Å². The zero-order valence-corrected chi connectivity index (χ0v) is 17.1. The molecule has 6 nitrogen and oxygen atoms in total. The maximum atomic E-state index is 14.3. The number of amidine groups is 1. The van der Waals surface area contributed by atoms with Crippen molar-refractivity contribution in [3.8, 4) is 0 Å². The summed E-state index contributed by atoms with van der Waals surface area (Å²) in [6, 6.07) is 1.81. The lowest BCUT2D eigenvalue weighted by Crippen LogP contribution is -2.50. The molecule has 3 aliphatic rings. The Balaban J connectivity index is 1.88. The van der Waals surface area contributed by atoms with Crippen LogP contribution in [-0.4, -0.2) is 73.1 Å². The Labute approximate surface area is 172 Å². The third kappa shape index (κ3) is 3.76. The van der Waals surface area contributed by atoms with Gasteiger partial charge in [-0.05, 0) is 20.0 Å². The summed E-state index contributed by atoms with van der Waals surface area (Å²) in [5, 5.41) is 5.90. The average molecular weight is 424 g/mol. The van der Waals surface area contributed by atoms with E-state index in [0.29, 0.717) is 31.0 Å². The molecular weight excluding hydrogens is 400 g/mol. The first-order valence-electron chi connectivity index (χ1n) is 9.85. The van der Waals surface area contributed by atoms with Crippen LogP contribution in [0.2, 0.25) is 0 Å². The van der Waals surface area contributed by atoms with Gasteiger partial charge in [0.2, 0.25) is 0 Å². The predicted molar refractivity (Wildman–Crippen MR) is 108 cm³/mol. The van der Waals surface area contributed by atoms with Crippen molar-refractivity contribution in [3.63, 3.8) is 0 Å². The van der Waals surface area contributed by atoms with Crippen molar-refractivity contribution in [1.82, 2.24) is 14.7 Å². The lowest BCUT2D eigenvalue weighted by molar-refractivity contribution is -0.139. The zero-order valence-electron chi connectivity index (χ0n) is 17.1. The number of rotatable bonds is 0. The van der Waals surface area contributed by atoms with Crippen LogP contribution in [0.25, 0.3) is 0 Å². The predicted octanol–water partition coefficient (Wildman–Crippen LogP) is 3.49. The third-order valence-electron chi connectivity index (χ3n) is 5.75. The molecule has 4 rings (SSSR count). The molecule has 1 aromatic carbocycles. The van der Waals surface area contributed by atoms with Crippen LogP contribution in [0.4, 0.5) is 28.9 Å². The zero-order chi connectivity index (χ0) is 21.6. The maximum absolute atomic E-state index is 14.3. The molecule has 30 heavy (non-hydrogen) atoms. The summed E-state index contributed by atoms with van der Waals surface area (Å²) >= 11 is 0. The van der Waals surface area contributed by atoms with Gasteiger partial charge in [-0.2, -0.15) is 18.3 Å². The van der Waals surface area contributed by atoms with E-state index in [4.69, 9.17) is 0 Å². The fraction of sp³-hybridized carbons (Fsp3) is 0.500. The van der Waals surface area contributed by atoms with E-state index >= 15 is 0 Å². The number of benzene rings is 1. The first-order valence-corrected chi connectivity index (χ1v) is 9.85. The summed E-state index contributed by atoms with van der Waals surface area (Å²) in [5.74, 6) is -0.746. The van der Waals surface area contributed by atoms with E-state index < -0.39 is 17.6 Å². The molecule has 0 bridgehead atoms. The molecule has 3 aliphatic heterocycles. The van der Waals surface area contributed by atoms with Gasteiger partial charge >= 0.3 is 6.18 Å². The minimum Gasteiger partial charge on any atom is -0.376 e.